The maximum Gasteiger partial charge on any atom is 0.225 e. The summed E-state index contributed by atoms with van der Waals surface area (Å²) in [6, 6.07) is 2.63. The van der Waals surface area contributed by atoms with Gasteiger partial charge in [-0.05, 0) is 23.6 Å². The summed E-state index contributed by atoms with van der Waals surface area (Å²) in [5, 5.41) is 9.75. The highest BCUT2D eigenvalue weighted by molar-refractivity contribution is 7.99. The molecule has 1 saturated heterocycles. The minimum Gasteiger partial charge on any atom is -0.366 e. The molecule has 2 aromatic heterocycles. The summed E-state index contributed by atoms with van der Waals surface area (Å²) in [4.78, 5) is 10.00. The average molecular weight is 266 g/mol. The monoisotopic (exact) mass is 266 g/mol. The van der Waals surface area contributed by atoms with Crippen molar-refractivity contribution in [2.75, 3.05) is 29.2 Å². The number of thioether (sulfide) groups is 1. The van der Waals surface area contributed by atoms with Crippen LogP contribution in [0.5, 0.6) is 0 Å². The summed E-state index contributed by atoms with van der Waals surface area (Å²) in [6.07, 6.45) is 1.22. The van der Waals surface area contributed by atoms with Gasteiger partial charge in [0.2, 0.25) is 5.95 Å². The molecule has 3 heterocycles. The second-order valence-electron chi connectivity index (χ2n) is 3.99. The Kier molecular flexibility index (Phi) is 3.07. The fourth-order valence-electron chi connectivity index (χ4n) is 1.92. The molecule has 1 unspecified atom stereocenters. The van der Waals surface area contributed by atoms with Crippen LogP contribution >= 0.6 is 23.1 Å². The Morgan fingerprint density at radius 2 is 2.35 bits per heavy atom. The molecule has 6 heteroatoms. The largest absolute Gasteiger partial charge is 0.366 e. The first-order valence-corrected chi connectivity index (χ1v) is 7.67. The van der Waals surface area contributed by atoms with E-state index in [4.69, 9.17) is 0 Å². The lowest BCUT2D eigenvalue weighted by atomic mass is 10.2. The van der Waals surface area contributed by atoms with E-state index in [1.165, 1.54) is 17.9 Å². The van der Waals surface area contributed by atoms with E-state index in [1.54, 1.807) is 11.3 Å². The smallest absolute Gasteiger partial charge is 0.225 e. The highest BCUT2D eigenvalue weighted by Crippen LogP contribution is 2.28. The van der Waals surface area contributed by atoms with Crippen LogP contribution in [0.15, 0.2) is 11.4 Å². The fraction of sp³-hybridized carbons (Fsp3) is 0.455. The van der Waals surface area contributed by atoms with Crippen LogP contribution in [-0.2, 0) is 0 Å². The fourth-order valence-corrected chi connectivity index (χ4v) is 3.84. The highest BCUT2D eigenvalue weighted by Gasteiger charge is 2.17. The first-order valence-electron chi connectivity index (χ1n) is 5.64. The van der Waals surface area contributed by atoms with Gasteiger partial charge in [0.25, 0.3) is 0 Å². The molecule has 2 N–H and O–H groups in total. The van der Waals surface area contributed by atoms with Crippen LogP contribution in [0.2, 0.25) is 0 Å². The highest BCUT2D eigenvalue weighted by atomic mass is 32.2. The molecule has 1 fully saturated rings. The zero-order chi connectivity index (χ0) is 11.7. The minimum absolute atomic E-state index is 0.544. The lowest BCUT2D eigenvalue weighted by Crippen LogP contribution is -2.19. The number of hydrogen-bond acceptors (Lipinski definition) is 6. The number of fused-ring (bicyclic) bond motifs is 1. The third-order valence-electron chi connectivity index (χ3n) is 2.82. The predicted molar refractivity (Wildman–Crippen MR) is 76.3 cm³/mol. The summed E-state index contributed by atoms with van der Waals surface area (Å²) in [5.41, 5.74) is 0. The van der Waals surface area contributed by atoms with Crippen molar-refractivity contribution in [3.05, 3.63) is 11.4 Å². The van der Waals surface area contributed by atoms with E-state index in [0.717, 1.165) is 16.0 Å². The van der Waals surface area contributed by atoms with Crippen LogP contribution in [0.1, 0.15) is 6.42 Å². The maximum absolute atomic E-state index is 4.52. The second-order valence-corrected chi connectivity index (χ2v) is 6.03. The average Bonchev–Trinajstić information content (AvgIpc) is 2.98. The molecule has 0 saturated carbocycles. The van der Waals surface area contributed by atoms with E-state index in [0.29, 0.717) is 12.0 Å². The zero-order valence-electron chi connectivity index (χ0n) is 9.56. The quantitative estimate of drug-likeness (QED) is 0.894. The van der Waals surface area contributed by atoms with E-state index in [2.05, 4.69) is 32.0 Å². The molecular weight excluding hydrogens is 252 g/mol. The number of thiophene rings is 1. The van der Waals surface area contributed by atoms with Crippen LogP contribution in [0, 0.1) is 0 Å². The second kappa shape index (κ2) is 4.70. The maximum atomic E-state index is 4.52. The normalized spacial score (nSPS) is 19.7. The first-order chi connectivity index (χ1) is 8.36. The van der Waals surface area contributed by atoms with Crippen LogP contribution < -0.4 is 10.6 Å². The molecule has 1 aliphatic rings. The van der Waals surface area contributed by atoms with Crippen molar-refractivity contribution in [3.8, 4) is 0 Å². The van der Waals surface area contributed by atoms with Gasteiger partial charge in [-0.15, -0.1) is 11.3 Å². The van der Waals surface area contributed by atoms with Crippen molar-refractivity contribution >= 4 is 45.1 Å². The molecule has 2 aromatic rings. The van der Waals surface area contributed by atoms with E-state index in [9.17, 15) is 0 Å². The number of anilines is 2. The van der Waals surface area contributed by atoms with Gasteiger partial charge < -0.3 is 10.6 Å². The summed E-state index contributed by atoms with van der Waals surface area (Å²) in [7, 11) is 1.85. The van der Waals surface area contributed by atoms with Gasteiger partial charge >= 0.3 is 0 Å². The summed E-state index contributed by atoms with van der Waals surface area (Å²) < 4.78 is 0. The van der Waals surface area contributed by atoms with E-state index in [1.807, 2.05) is 18.8 Å². The molecule has 1 aliphatic heterocycles. The molecule has 4 nitrogen and oxygen atoms in total. The first kappa shape index (κ1) is 11.1. The molecule has 90 valence electrons. The summed E-state index contributed by atoms with van der Waals surface area (Å²) in [6.45, 7) is 0. The Hall–Kier alpha value is -1.01. The standard InChI is InChI=1S/C11H14N4S2/c1-12-11-14-9(13-7-2-4-16-6-7)8-3-5-17-10(8)15-11/h3,5,7H,2,4,6H2,1H3,(H2,12,13,14,15). The van der Waals surface area contributed by atoms with Crippen molar-refractivity contribution in [1.29, 1.82) is 0 Å². The minimum atomic E-state index is 0.544. The van der Waals surface area contributed by atoms with Gasteiger partial charge in [-0.25, -0.2) is 4.98 Å². The Bertz CT molecular complexity index is 519. The summed E-state index contributed by atoms with van der Waals surface area (Å²) >= 11 is 3.65. The molecule has 17 heavy (non-hydrogen) atoms. The Morgan fingerprint density at radius 1 is 1.41 bits per heavy atom. The number of aromatic nitrogens is 2. The van der Waals surface area contributed by atoms with Crippen molar-refractivity contribution in [1.82, 2.24) is 9.97 Å². The van der Waals surface area contributed by atoms with Gasteiger partial charge in [-0.3, -0.25) is 0 Å². The van der Waals surface area contributed by atoms with E-state index >= 15 is 0 Å². The Labute approximate surface area is 108 Å². The van der Waals surface area contributed by atoms with Crippen molar-refractivity contribution in [3.63, 3.8) is 0 Å². The van der Waals surface area contributed by atoms with Gasteiger partial charge in [0, 0.05) is 18.8 Å². The van der Waals surface area contributed by atoms with E-state index in [-0.39, 0.29) is 0 Å². The number of nitrogens with zero attached hydrogens (tertiary/aromatic N) is 2. The molecule has 0 spiro atoms. The molecule has 0 aromatic carbocycles. The Morgan fingerprint density at radius 3 is 3.12 bits per heavy atom. The van der Waals surface area contributed by atoms with Gasteiger partial charge in [0.05, 0.1) is 5.39 Å². The van der Waals surface area contributed by atoms with E-state index < -0.39 is 0 Å². The SMILES string of the molecule is CNc1nc(NC2CCSC2)c2ccsc2n1. The third kappa shape index (κ3) is 2.19. The molecule has 0 radical (unpaired) electrons. The number of rotatable bonds is 3. The Balaban J connectivity index is 1.97. The van der Waals surface area contributed by atoms with Crippen LogP contribution in [0.25, 0.3) is 10.2 Å². The van der Waals surface area contributed by atoms with Gasteiger partial charge in [0.1, 0.15) is 10.6 Å². The number of nitrogens with one attached hydrogen (secondary N) is 2. The molecular formula is C11H14N4S2. The number of hydrogen-bond donors (Lipinski definition) is 2. The van der Waals surface area contributed by atoms with Gasteiger partial charge in [0.15, 0.2) is 0 Å². The van der Waals surface area contributed by atoms with Crippen LogP contribution in [0.4, 0.5) is 11.8 Å². The van der Waals surface area contributed by atoms with Crippen molar-refractivity contribution < 1.29 is 0 Å². The van der Waals surface area contributed by atoms with Gasteiger partial charge in [-0.1, -0.05) is 0 Å². The molecule has 1 atom stereocenters. The molecule has 3 rings (SSSR count). The van der Waals surface area contributed by atoms with Crippen LogP contribution in [0.3, 0.4) is 0 Å². The van der Waals surface area contributed by atoms with Crippen molar-refractivity contribution in [2.24, 2.45) is 0 Å². The lowest BCUT2D eigenvalue weighted by Gasteiger charge is -2.13. The topological polar surface area (TPSA) is 49.8 Å². The van der Waals surface area contributed by atoms with Crippen molar-refractivity contribution in [2.45, 2.75) is 12.5 Å². The zero-order valence-corrected chi connectivity index (χ0v) is 11.2. The molecule has 0 amide bonds. The lowest BCUT2D eigenvalue weighted by molar-refractivity contribution is 0.808. The third-order valence-corrected chi connectivity index (χ3v) is 4.79. The van der Waals surface area contributed by atoms with Crippen LogP contribution in [-0.4, -0.2) is 34.6 Å². The summed E-state index contributed by atoms with van der Waals surface area (Å²) in [5.74, 6) is 4.07. The van der Waals surface area contributed by atoms with Gasteiger partial charge in [-0.2, -0.15) is 16.7 Å². The predicted octanol–water partition coefficient (Wildman–Crippen LogP) is 2.65. The molecule has 0 aliphatic carbocycles. The molecule has 0 bridgehead atoms.